The summed E-state index contributed by atoms with van der Waals surface area (Å²) in [6, 6.07) is 17.4. The number of rotatable bonds is 25. The van der Waals surface area contributed by atoms with Crippen LogP contribution in [0.2, 0.25) is 0 Å². The van der Waals surface area contributed by atoms with Crippen molar-refractivity contribution in [1.29, 1.82) is 5.26 Å². The van der Waals surface area contributed by atoms with Gasteiger partial charge in [0.2, 0.25) is 23.6 Å². The summed E-state index contributed by atoms with van der Waals surface area (Å²) in [5.41, 5.74) is 11.1. The van der Waals surface area contributed by atoms with E-state index in [0.29, 0.717) is 63.1 Å². The maximum absolute atomic E-state index is 14.7. The quantitative estimate of drug-likeness (QED) is 0.0486. The number of hydrogen-bond donors (Lipinski definition) is 5. The molecule has 5 aromatic rings. The van der Waals surface area contributed by atoms with Gasteiger partial charge in [0.25, 0.3) is 11.8 Å². The first-order valence-corrected chi connectivity index (χ1v) is 29.2. The van der Waals surface area contributed by atoms with Gasteiger partial charge in [-0.2, -0.15) is 10.4 Å². The molecule has 23 nitrogen and oxygen atoms in total. The van der Waals surface area contributed by atoms with Crippen LogP contribution in [0, 0.1) is 22.6 Å². The molecule has 2 aromatic heterocycles. The number of nitrogens with two attached hydrogens (primary N) is 1. The Morgan fingerprint density at radius 2 is 1.62 bits per heavy atom. The van der Waals surface area contributed by atoms with Crippen molar-refractivity contribution in [2.45, 2.75) is 117 Å². The number of amides is 5. The number of nitrogens with zero attached hydrogens (tertiary/aromatic N) is 7. The highest BCUT2D eigenvalue weighted by Crippen LogP contribution is 2.36. The van der Waals surface area contributed by atoms with Crippen LogP contribution in [-0.4, -0.2) is 157 Å². The first kappa shape index (κ1) is 63.9. The number of ether oxygens (including phenoxy) is 6. The van der Waals surface area contributed by atoms with Gasteiger partial charge < -0.3 is 65.2 Å². The van der Waals surface area contributed by atoms with E-state index >= 15 is 0 Å². The Kier molecular flexibility index (Phi) is 22.2. The molecule has 3 aromatic carbocycles. The molecule has 0 fully saturated rings. The number of hydrogen-bond acceptors (Lipinski definition) is 17. The van der Waals surface area contributed by atoms with Gasteiger partial charge in [0.1, 0.15) is 42.4 Å². The summed E-state index contributed by atoms with van der Waals surface area (Å²) in [5, 5.41) is 26.7. The Hall–Kier alpha value is -8.08. The van der Waals surface area contributed by atoms with Gasteiger partial charge in [0.05, 0.1) is 101 Å². The number of anilines is 1. The fraction of sp³-hybridized carbons (Fsp3) is 0.500. The van der Waals surface area contributed by atoms with Crippen molar-refractivity contribution in [3.8, 4) is 29.0 Å². The third-order valence-electron chi connectivity index (χ3n) is 15.4. The van der Waals surface area contributed by atoms with Crippen LogP contribution in [0.1, 0.15) is 116 Å². The molecule has 1 aliphatic carbocycles. The zero-order valence-electron chi connectivity index (χ0n) is 50.0. The number of carbonyl (C=O) groups excluding carboxylic acids is 5. The predicted molar refractivity (Wildman–Crippen MR) is 315 cm³/mol. The van der Waals surface area contributed by atoms with E-state index in [0.717, 1.165) is 36.0 Å². The van der Waals surface area contributed by atoms with Crippen molar-refractivity contribution in [1.82, 2.24) is 50.8 Å². The molecule has 0 saturated carbocycles. The molecule has 24 heteroatoms. The van der Waals surface area contributed by atoms with Gasteiger partial charge in [-0.15, -0.1) is 0 Å². The van der Waals surface area contributed by atoms with Crippen LogP contribution < -0.4 is 36.5 Å². The highest BCUT2D eigenvalue weighted by atomic mass is 19.1. The van der Waals surface area contributed by atoms with Gasteiger partial charge >= 0.3 is 0 Å². The number of nitrogens with one attached hydrogen (secondary N) is 4. The molecule has 2 bridgehead atoms. The maximum Gasteiger partial charge on any atom is 0.258 e. The first-order chi connectivity index (χ1) is 41.3. The van der Waals surface area contributed by atoms with Gasteiger partial charge in [0, 0.05) is 44.1 Å². The van der Waals surface area contributed by atoms with Crippen LogP contribution in [0.4, 0.5) is 10.2 Å². The molecule has 0 saturated heterocycles. The molecule has 4 heterocycles. The summed E-state index contributed by atoms with van der Waals surface area (Å²) >= 11 is 0. The van der Waals surface area contributed by atoms with E-state index in [1.807, 2.05) is 51.1 Å². The third kappa shape index (κ3) is 16.3. The molecular formula is C62H79FN12O11. The topological polar surface area (TPSA) is 289 Å². The predicted octanol–water partition coefficient (Wildman–Crippen LogP) is 4.90. The second-order valence-electron chi connectivity index (χ2n) is 22.6. The Morgan fingerprint density at radius 3 is 2.33 bits per heavy atom. The lowest BCUT2D eigenvalue weighted by Crippen LogP contribution is -2.62. The summed E-state index contributed by atoms with van der Waals surface area (Å²) < 4.78 is 50.7. The smallest absolute Gasteiger partial charge is 0.258 e. The van der Waals surface area contributed by atoms with E-state index in [9.17, 15) is 33.6 Å². The van der Waals surface area contributed by atoms with E-state index in [4.69, 9.17) is 34.2 Å². The number of likely N-dealkylation sites (N-methyl/N-ethyl adjacent to an activating group) is 1. The van der Waals surface area contributed by atoms with Gasteiger partial charge in [-0.25, -0.2) is 14.4 Å². The number of nitrogen functional groups attached to an aromatic ring is 1. The monoisotopic (exact) mass is 1190 g/mol. The minimum Gasteiger partial charge on any atom is -0.491 e. The number of aromatic nitrogens is 4. The van der Waals surface area contributed by atoms with Crippen LogP contribution in [0.15, 0.2) is 66.9 Å². The molecule has 460 valence electrons. The molecule has 0 spiro atoms. The number of nitriles is 1. The molecule has 8 rings (SSSR count). The SMILES string of the molecule is CN[C@H](C)C(=O)N[C@@H](C(=O)N1Cc2cc(OCCOCCOCCOCCOCCC(=O)NCCn3nc(C#N)c4c3CN(C)C(=O)c3ccc(F)cc3[C@@H](C)Oc3nc-4cnc3N)ccc2C[C@@H]1C(=O)N[C@H]1CCCc2ccccc21)C(C)(C)C. The third-order valence-corrected chi connectivity index (χ3v) is 15.4. The van der Waals surface area contributed by atoms with Crippen molar-refractivity contribution >= 4 is 35.4 Å². The second kappa shape index (κ2) is 29.8. The van der Waals surface area contributed by atoms with E-state index in [1.54, 1.807) is 32.8 Å². The molecule has 3 aliphatic rings. The number of aryl methyl sites for hydroxylation is 1. The van der Waals surface area contributed by atoms with E-state index in [2.05, 4.69) is 54.5 Å². The molecule has 86 heavy (non-hydrogen) atoms. The molecule has 0 unspecified atom stereocenters. The summed E-state index contributed by atoms with van der Waals surface area (Å²) in [6.45, 7) is 12.1. The van der Waals surface area contributed by atoms with Crippen LogP contribution in [-0.2, 0) is 70.6 Å². The second-order valence-corrected chi connectivity index (χ2v) is 22.6. The van der Waals surface area contributed by atoms with Crippen molar-refractivity contribution in [2.24, 2.45) is 5.41 Å². The highest BCUT2D eigenvalue weighted by Gasteiger charge is 2.43. The molecule has 5 amide bonds. The fourth-order valence-electron chi connectivity index (χ4n) is 10.6. The number of fused-ring (bicyclic) bond motifs is 7. The van der Waals surface area contributed by atoms with E-state index in [-0.39, 0.29) is 116 Å². The Labute approximate surface area is 500 Å². The number of benzene rings is 3. The minimum atomic E-state index is -0.898. The van der Waals surface area contributed by atoms with E-state index < -0.39 is 41.4 Å². The lowest BCUT2D eigenvalue weighted by Gasteiger charge is -2.41. The number of carbonyl (C=O) groups is 5. The maximum atomic E-state index is 14.7. The average molecular weight is 1190 g/mol. The summed E-state index contributed by atoms with van der Waals surface area (Å²) in [7, 11) is 3.27. The molecule has 2 aliphatic heterocycles. The zero-order chi connectivity index (χ0) is 61.5. The van der Waals surface area contributed by atoms with Crippen molar-refractivity contribution < 1.29 is 56.8 Å². The highest BCUT2D eigenvalue weighted by molar-refractivity contribution is 5.96. The summed E-state index contributed by atoms with van der Waals surface area (Å²) in [5.74, 6) is -1.61. The first-order valence-electron chi connectivity index (χ1n) is 29.2. The Morgan fingerprint density at radius 1 is 0.907 bits per heavy atom. The normalized spacial score (nSPS) is 17.2. The summed E-state index contributed by atoms with van der Waals surface area (Å²) in [4.78, 5) is 80.7. The van der Waals surface area contributed by atoms with Crippen molar-refractivity contribution in [3.63, 3.8) is 0 Å². The van der Waals surface area contributed by atoms with Crippen LogP contribution >= 0.6 is 0 Å². The van der Waals surface area contributed by atoms with Gasteiger partial charge in [-0.05, 0) is 98.2 Å². The van der Waals surface area contributed by atoms with Crippen LogP contribution in [0.3, 0.4) is 0 Å². The zero-order valence-corrected chi connectivity index (χ0v) is 50.0. The molecular weight excluding hydrogens is 1110 g/mol. The van der Waals surface area contributed by atoms with Gasteiger partial charge in [-0.1, -0.05) is 51.1 Å². The fourth-order valence-corrected chi connectivity index (χ4v) is 10.6. The van der Waals surface area contributed by atoms with Gasteiger partial charge in [0.15, 0.2) is 11.5 Å². The summed E-state index contributed by atoms with van der Waals surface area (Å²) in [6.07, 6.45) is 3.64. The lowest BCUT2D eigenvalue weighted by molar-refractivity contribution is -0.147. The minimum absolute atomic E-state index is 0.0188. The Bertz CT molecular complexity index is 3260. The van der Waals surface area contributed by atoms with Crippen molar-refractivity contribution in [3.05, 3.63) is 117 Å². The lowest BCUT2D eigenvalue weighted by atomic mass is 9.83. The largest absolute Gasteiger partial charge is 0.491 e. The van der Waals surface area contributed by atoms with Gasteiger partial charge in [-0.3, -0.25) is 28.7 Å². The molecule has 0 radical (unpaired) electrons. The standard InChI is InChI=1S/C62H79FN12O11/c1-38(66-6)57(77)71-55(62(3,4)5)61(80)74-36-42-31-44(17-15-41(42)32-51(74)58(78)69-48-14-10-12-40-11-8-9-13-45(40)48)85-30-29-84-28-27-83-26-25-82-24-23-81-22-19-53(76)67-20-21-75-52-37-73(7)60(79)46-18-16-43(63)33-47(46)39(2)86-59-56(65)68-35-50(70-59)54(52)49(34-64)72-75/h8-9,11,13,15-18,31,33,35,38-39,48,51,55,66H,10,12,14,19-30,32,36-37H2,1-7H3,(H2,65,68)(H,67,76)(H,69,78)(H,71,77)/t38-,39-,48+,51-,55+/m1/s1. The average Bonchev–Trinajstić information content (AvgIpc) is 1.49. The van der Waals surface area contributed by atoms with Crippen molar-refractivity contribution in [2.75, 3.05) is 85.8 Å². The van der Waals surface area contributed by atoms with Crippen LogP contribution in [0.25, 0.3) is 11.3 Å². The van der Waals surface area contributed by atoms with Crippen LogP contribution in [0.5, 0.6) is 11.6 Å². The molecule has 5 atom stereocenters. The van der Waals surface area contributed by atoms with E-state index in [1.165, 1.54) is 39.5 Å². The number of halogens is 1. The molecule has 6 N–H and O–H groups in total. The Balaban J connectivity index is 0.722.